The van der Waals surface area contributed by atoms with E-state index in [1.54, 1.807) is 6.08 Å². The van der Waals surface area contributed by atoms with Crippen LogP contribution in [0.15, 0.2) is 12.0 Å². The Hall–Kier alpha value is -0.920. The van der Waals surface area contributed by atoms with E-state index in [1.807, 2.05) is 20.8 Å². The Morgan fingerprint density at radius 1 is 1.50 bits per heavy atom. The van der Waals surface area contributed by atoms with Gasteiger partial charge in [0.15, 0.2) is 5.88 Å². The fraction of sp³-hybridized carbons (Fsp3) is 0.667. The second-order valence-electron chi connectivity index (χ2n) is 4.96. The summed E-state index contributed by atoms with van der Waals surface area (Å²) >= 11 is 0. The molecule has 0 aromatic carbocycles. The van der Waals surface area contributed by atoms with Crippen LogP contribution in [-0.2, 0) is 4.74 Å². The zero-order chi connectivity index (χ0) is 10.8. The molecule has 0 heterocycles. The molecule has 0 aromatic rings. The highest BCUT2D eigenvalue weighted by Gasteiger charge is 2.39. The largest absolute Gasteiger partial charge is 0.474 e. The molecule has 2 nitrogen and oxygen atoms in total. The first-order valence-corrected chi connectivity index (χ1v) is 4.98. The minimum atomic E-state index is -0.250. The van der Waals surface area contributed by atoms with E-state index in [0.29, 0.717) is 5.88 Å². The van der Waals surface area contributed by atoms with Gasteiger partial charge in [0.2, 0.25) is 0 Å². The van der Waals surface area contributed by atoms with E-state index >= 15 is 0 Å². The van der Waals surface area contributed by atoms with Crippen molar-refractivity contribution in [2.24, 2.45) is 5.41 Å². The second-order valence-corrected chi connectivity index (χ2v) is 4.96. The summed E-state index contributed by atoms with van der Waals surface area (Å²) in [7, 11) is 0. The topological polar surface area (TPSA) is 21.3 Å². The molecule has 0 spiro atoms. The van der Waals surface area contributed by atoms with Crippen molar-refractivity contribution in [1.29, 1.82) is 0 Å². The van der Waals surface area contributed by atoms with Gasteiger partial charge in [-0.2, -0.15) is 0 Å². The van der Waals surface area contributed by atoms with Gasteiger partial charge in [-0.15, -0.1) is 0 Å². The van der Waals surface area contributed by atoms with Crippen LogP contribution in [0.5, 0.6) is 0 Å². The van der Waals surface area contributed by atoms with Crippen molar-refractivity contribution in [3.63, 3.8) is 0 Å². The summed E-state index contributed by atoms with van der Waals surface area (Å²) in [6, 6.07) is 0. The molecule has 0 aromatic heterocycles. The first-order chi connectivity index (χ1) is 6.37. The summed E-state index contributed by atoms with van der Waals surface area (Å²) in [5, 5.41) is 3.05. The summed E-state index contributed by atoms with van der Waals surface area (Å²) in [6.07, 6.45) is 4.03. The van der Waals surface area contributed by atoms with Gasteiger partial charge < -0.3 is 10.1 Å². The molecule has 2 radical (unpaired) electrons. The second kappa shape index (κ2) is 3.68. The van der Waals surface area contributed by atoms with Crippen molar-refractivity contribution in [3.05, 3.63) is 25.1 Å². The molecular formula is C12H19NO. The molecule has 1 N–H and O–H groups in total. The van der Waals surface area contributed by atoms with Gasteiger partial charge >= 0.3 is 0 Å². The smallest absolute Gasteiger partial charge is 0.187 e. The van der Waals surface area contributed by atoms with Gasteiger partial charge in [-0.1, -0.05) is 12.7 Å². The van der Waals surface area contributed by atoms with Crippen LogP contribution in [0.1, 0.15) is 33.6 Å². The third-order valence-corrected chi connectivity index (χ3v) is 2.28. The predicted molar refractivity (Wildman–Crippen MR) is 57.2 cm³/mol. The maximum absolute atomic E-state index is 5.68. The van der Waals surface area contributed by atoms with Crippen LogP contribution in [0.3, 0.4) is 0 Å². The van der Waals surface area contributed by atoms with E-state index in [0.717, 1.165) is 19.4 Å². The maximum Gasteiger partial charge on any atom is 0.187 e. The number of hydrogen-bond donors (Lipinski definition) is 1. The summed E-state index contributed by atoms with van der Waals surface area (Å²) in [5.41, 5.74) is -0.0912. The normalized spacial score (nSPS) is 18.5. The molecule has 1 rings (SSSR count). The molecule has 1 aliphatic rings. The van der Waals surface area contributed by atoms with Gasteiger partial charge in [0.05, 0.1) is 0 Å². The van der Waals surface area contributed by atoms with Gasteiger partial charge in [0.25, 0.3) is 0 Å². The Kier molecular flexibility index (Phi) is 2.93. The molecule has 1 aliphatic carbocycles. The van der Waals surface area contributed by atoms with Crippen LogP contribution >= 0.6 is 0 Å². The number of ether oxygens (including phenoxy) is 1. The quantitative estimate of drug-likeness (QED) is 0.677. The molecular weight excluding hydrogens is 174 g/mol. The van der Waals surface area contributed by atoms with Crippen LogP contribution in [0.4, 0.5) is 0 Å². The molecule has 0 amide bonds. The van der Waals surface area contributed by atoms with Crippen LogP contribution in [0, 0.1) is 18.6 Å². The van der Waals surface area contributed by atoms with Gasteiger partial charge in [0, 0.05) is 18.5 Å². The van der Waals surface area contributed by atoms with Crippen molar-refractivity contribution >= 4 is 0 Å². The van der Waals surface area contributed by atoms with Crippen molar-refractivity contribution < 1.29 is 4.74 Å². The Morgan fingerprint density at radius 3 is 2.43 bits per heavy atom. The lowest BCUT2D eigenvalue weighted by molar-refractivity contribution is 0.0398. The lowest BCUT2D eigenvalue weighted by Crippen LogP contribution is -2.28. The van der Waals surface area contributed by atoms with Crippen molar-refractivity contribution in [3.8, 4) is 0 Å². The van der Waals surface area contributed by atoms with Crippen molar-refractivity contribution in [2.75, 3.05) is 6.54 Å². The Bertz CT molecular complexity index is 233. The van der Waals surface area contributed by atoms with Crippen molar-refractivity contribution in [1.82, 2.24) is 5.32 Å². The lowest BCUT2D eigenvalue weighted by Gasteiger charge is -2.24. The molecule has 78 valence electrons. The van der Waals surface area contributed by atoms with E-state index < -0.39 is 0 Å². The Morgan fingerprint density at radius 2 is 2.07 bits per heavy atom. The molecule has 0 aliphatic heterocycles. The first kappa shape index (κ1) is 11.2. The Balaban J connectivity index is 2.25. The first-order valence-electron chi connectivity index (χ1n) is 4.98. The minimum Gasteiger partial charge on any atom is -0.474 e. The van der Waals surface area contributed by atoms with Crippen LogP contribution in [-0.4, -0.2) is 12.1 Å². The fourth-order valence-corrected chi connectivity index (χ4v) is 1.19. The highest BCUT2D eigenvalue weighted by molar-refractivity contribution is 5.07. The number of hydrogen-bond acceptors (Lipinski definition) is 2. The standard InChI is InChI=1S/C12H19NO/c1-6-12(7-8-12)9-13-10(2)14-11(3,4)5/h1-2,6,13H,7-9H2,3-5H3. The van der Waals surface area contributed by atoms with Gasteiger partial charge in [-0.05, 0) is 33.6 Å². The van der Waals surface area contributed by atoms with E-state index in [2.05, 4.69) is 5.32 Å². The maximum atomic E-state index is 5.68. The lowest BCUT2D eigenvalue weighted by atomic mass is 10.1. The average Bonchev–Trinajstić information content (AvgIpc) is 2.78. The van der Waals surface area contributed by atoms with Crippen molar-refractivity contribution in [2.45, 2.75) is 39.2 Å². The zero-order valence-corrected chi connectivity index (χ0v) is 9.26. The van der Waals surface area contributed by atoms with E-state index in [-0.39, 0.29) is 11.0 Å². The highest BCUT2D eigenvalue weighted by Crippen LogP contribution is 2.45. The van der Waals surface area contributed by atoms with Gasteiger partial charge in [0.1, 0.15) is 5.60 Å². The predicted octanol–water partition coefficient (Wildman–Crippen LogP) is 2.43. The minimum absolute atomic E-state index is 0.159. The molecule has 2 heteroatoms. The van der Waals surface area contributed by atoms with Gasteiger partial charge in [-0.25, -0.2) is 0 Å². The molecule has 0 bridgehead atoms. The molecule has 0 saturated heterocycles. The summed E-state index contributed by atoms with van der Waals surface area (Å²) in [6.45, 7) is 17.9. The molecule has 0 atom stereocenters. The van der Waals surface area contributed by atoms with E-state index in [4.69, 9.17) is 17.9 Å². The average molecular weight is 193 g/mol. The van der Waals surface area contributed by atoms with Crippen LogP contribution in [0.25, 0.3) is 0 Å². The molecule has 0 unspecified atom stereocenters. The number of rotatable bonds is 5. The highest BCUT2D eigenvalue weighted by atomic mass is 16.5. The Labute approximate surface area is 87.0 Å². The molecule has 14 heavy (non-hydrogen) atoms. The summed E-state index contributed by atoms with van der Waals surface area (Å²) in [5.74, 6) is 0.380. The summed E-state index contributed by atoms with van der Waals surface area (Å²) in [4.78, 5) is 0. The SMILES string of the molecule is [CH]=CC1(CNC(=[CH])OC(C)(C)C)CC1. The third kappa shape index (κ3) is 3.44. The van der Waals surface area contributed by atoms with Crippen LogP contribution in [0.2, 0.25) is 0 Å². The zero-order valence-electron chi connectivity index (χ0n) is 9.26. The van der Waals surface area contributed by atoms with E-state index in [9.17, 15) is 0 Å². The summed E-state index contributed by atoms with van der Waals surface area (Å²) < 4.78 is 5.43. The monoisotopic (exact) mass is 193 g/mol. The third-order valence-electron chi connectivity index (χ3n) is 2.28. The van der Waals surface area contributed by atoms with Crippen LogP contribution < -0.4 is 5.32 Å². The van der Waals surface area contributed by atoms with Gasteiger partial charge in [-0.3, -0.25) is 0 Å². The fourth-order valence-electron chi connectivity index (χ4n) is 1.19. The molecule has 1 fully saturated rings. The number of nitrogens with one attached hydrogen (secondary N) is 1. The molecule has 1 saturated carbocycles. The van der Waals surface area contributed by atoms with E-state index in [1.165, 1.54) is 0 Å².